The minimum atomic E-state index is -3.98. The van der Waals surface area contributed by atoms with E-state index in [1.807, 2.05) is 0 Å². The molecule has 0 amide bonds. The third kappa shape index (κ3) is 5.33. The van der Waals surface area contributed by atoms with E-state index < -0.39 is 50.7 Å². The van der Waals surface area contributed by atoms with Crippen LogP contribution in [0.2, 0.25) is 0 Å². The molecule has 2 unspecified atom stereocenters. The third-order valence-electron chi connectivity index (χ3n) is 8.40. The summed E-state index contributed by atoms with van der Waals surface area (Å²) in [6.07, 6.45) is 1.46. The molecule has 242 valence electrons. The van der Waals surface area contributed by atoms with E-state index in [2.05, 4.69) is 29.9 Å². The fraction of sp³-hybridized carbons (Fsp3) is 0.600. The second-order valence-corrected chi connectivity index (χ2v) is 13.0. The number of aromatic nitrogens is 8. The molecule has 0 radical (unpaired) electrons. The van der Waals surface area contributed by atoms with Crippen LogP contribution in [-0.4, -0.2) is 118 Å². The number of methoxy groups -OCH3 is 1. The smallest absolute Gasteiger partial charge is 0.394 e. The Morgan fingerprint density at radius 2 is 1.60 bits per heavy atom. The number of nitrogens with two attached hydrogens (primary N) is 2. The van der Waals surface area contributed by atoms with E-state index in [4.69, 9.17) is 34.7 Å². The molecular formula is C25H34N11O8P. The highest BCUT2D eigenvalue weighted by molar-refractivity contribution is 7.51. The van der Waals surface area contributed by atoms with Gasteiger partial charge in [0.15, 0.2) is 29.2 Å². The molecule has 0 spiro atoms. The van der Waals surface area contributed by atoms with Crippen molar-refractivity contribution in [2.75, 3.05) is 44.9 Å². The van der Waals surface area contributed by atoms with Gasteiger partial charge in [0.25, 0.3) is 0 Å². The molecule has 0 aliphatic carbocycles. The van der Waals surface area contributed by atoms with Crippen molar-refractivity contribution in [3.8, 4) is 0 Å². The highest BCUT2D eigenvalue weighted by Crippen LogP contribution is 2.57. The van der Waals surface area contributed by atoms with Gasteiger partial charge in [0.05, 0.1) is 25.9 Å². The molecule has 8 atom stereocenters. The number of fused-ring (bicyclic) bond motifs is 2. The Balaban J connectivity index is 1.09. The summed E-state index contributed by atoms with van der Waals surface area (Å²) in [4.78, 5) is 25.0. The van der Waals surface area contributed by atoms with E-state index in [9.17, 15) is 14.8 Å². The minimum absolute atomic E-state index is 0.202. The van der Waals surface area contributed by atoms with Gasteiger partial charge in [0.1, 0.15) is 60.4 Å². The standard InChI is InChI=1S/C25H34N11O8P/c1-40-20-19(38)15(43-25(20)36-12-33-18-22(27)29-10-31-24(18)36)8-41-45(39,34-4-2-3-5-34)44-13-6-16(42-14(13)7-37)35-11-32-17-21(26)28-9-30-23(17)35/h9-16,19-20,25,37-38H,2-8H2,1H3,(H2,26,28,30)(H2,27,29,31)/t13-,14-,15-,16-,19+,20?,25-,45?/m1/s1. The normalized spacial score (nSPS) is 30.5. The van der Waals surface area contributed by atoms with Gasteiger partial charge in [0.2, 0.25) is 0 Å². The Morgan fingerprint density at radius 3 is 2.24 bits per heavy atom. The number of anilines is 2. The van der Waals surface area contributed by atoms with Gasteiger partial charge in [0, 0.05) is 26.6 Å². The van der Waals surface area contributed by atoms with Gasteiger partial charge in [-0.3, -0.25) is 18.2 Å². The number of aliphatic hydroxyl groups is 2. The zero-order valence-corrected chi connectivity index (χ0v) is 25.2. The first-order valence-electron chi connectivity index (χ1n) is 14.5. The number of hydrogen-bond donors (Lipinski definition) is 4. The lowest BCUT2D eigenvalue weighted by Gasteiger charge is -2.30. The maximum absolute atomic E-state index is 14.5. The summed E-state index contributed by atoms with van der Waals surface area (Å²) < 4.78 is 49.6. The molecular weight excluding hydrogens is 613 g/mol. The van der Waals surface area contributed by atoms with Crippen LogP contribution in [0.3, 0.4) is 0 Å². The molecule has 0 saturated carbocycles. The van der Waals surface area contributed by atoms with Gasteiger partial charge in [-0.2, -0.15) is 0 Å². The summed E-state index contributed by atoms with van der Waals surface area (Å²) in [6.45, 7) is 0.303. The Labute approximate surface area is 256 Å². The van der Waals surface area contributed by atoms with E-state index in [1.165, 1.54) is 32.4 Å². The van der Waals surface area contributed by atoms with Crippen molar-refractivity contribution in [1.82, 2.24) is 43.7 Å². The van der Waals surface area contributed by atoms with Crippen molar-refractivity contribution < 1.29 is 38.0 Å². The van der Waals surface area contributed by atoms with Gasteiger partial charge in [-0.05, 0) is 12.8 Å². The van der Waals surface area contributed by atoms with Gasteiger partial charge in [-0.25, -0.2) is 39.1 Å². The molecule has 6 N–H and O–H groups in total. The summed E-state index contributed by atoms with van der Waals surface area (Å²) in [6, 6.07) is 0. The van der Waals surface area contributed by atoms with Gasteiger partial charge >= 0.3 is 7.75 Å². The molecule has 7 heterocycles. The number of hydrogen-bond acceptors (Lipinski definition) is 16. The predicted octanol–water partition coefficient (Wildman–Crippen LogP) is -0.0106. The van der Waals surface area contributed by atoms with Crippen molar-refractivity contribution in [3.63, 3.8) is 0 Å². The molecule has 3 saturated heterocycles. The first-order valence-corrected chi connectivity index (χ1v) is 16.0. The maximum atomic E-state index is 14.5. The average Bonchev–Trinajstić information content (AvgIpc) is 3.86. The summed E-state index contributed by atoms with van der Waals surface area (Å²) >= 11 is 0. The van der Waals surface area contributed by atoms with Crippen molar-refractivity contribution >= 4 is 41.7 Å². The summed E-state index contributed by atoms with van der Waals surface area (Å²) in [7, 11) is -2.53. The lowest BCUT2D eigenvalue weighted by molar-refractivity contribution is -0.0611. The van der Waals surface area contributed by atoms with Crippen molar-refractivity contribution in [2.45, 2.75) is 62.2 Å². The molecule has 0 bridgehead atoms. The first-order chi connectivity index (χ1) is 21.8. The fourth-order valence-corrected chi connectivity index (χ4v) is 8.11. The lowest BCUT2D eigenvalue weighted by Crippen LogP contribution is -2.36. The molecule has 20 heteroatoms. The van der Waals surface area contributed by atoms with Gasteiger partial charge in [-0.1, -0.05) is 0 Å². The van der Waals surface area contributed by atoms with Crippen LogP contribution < -0.4 is 11.5 Å². The Hall–Kier alpha value is -3.39. The molecule has 3 aliphatic heterocycles. The second kappa shape index (κ2) is 12.1. The van der Waals surface area contributed by atoms with Gasteiger partial charge in [-0.15, -0.1) is 0 Å². The van der Waals surface area contributed by atoms with Gasteiger partial charge < -0.3 is 35.9 Å². The number of imidazole rings is 2. The molecule has 4 aromatic rings. The maximum Gasteiger partial charge on any atom is 0.408 e. The zero-order valence-electron chi connectivity index (χ0n) is 24.3. The van der Waals surface area contributed by atoms with E-state index in [0.29, 0.717) is 35.4 Å². The quantitative estimate of drug-likeness (QED) is 0.165. The van der Waals surface area contributed by atoms with Crippen molar-refractivity contribution in [1.29, 1.82) is 0 Å². The summed E-state index contributed by atoms with van der Waals surface area (Å²) in [5.41, 5.74) is 13.5. The van der Waals surface area contributed by atoms with Crippen molar-refractivity contribution in [2.24, 2.45) is 0 Å². The monoisotopic (exact) mass is 647 g/mol. The molecule has 19 nitrogen and oxygen atoms in total. The number of nitrogens with zero attached hydrogens (tertiary/aromatic N) is 9. The Bertz CT molecular complexity index is 1720. The molecule has 45 heavy (non-hydrogen) atoms. The van der Waals surface area contributed by atoms with Crippen LogP contribution in [0.15, 0.2) is 25.3 Å². The van der Waals surface area contributed by atoms with E-state index in [1.54, 1.807) is 13.8 Å². The van der Waals surface area contributed by atoms with E-state index >= 15 is 0 Å². The minimum Gasteiger partial charge on any atom is -0.394 e. The number of ether oxygens (including phenoxy) is 3. The average molecular weight is 648 g/mol. The van der Waals surface area contributed by atoms with E-state index in [0.717, 1.165) is 12.8 Å². The first kappa shape index (κ1) is 30.3. The summed E-state index contributed by atoms with van der Waals surface area (Å²) in [5, 5.41) is 21.3. The molecule has 0 aromatic carbocycles. The largest absolute Gasteiger partial charge is 0.408 e. The zero-order chi connectivity index (χ0) is 31.3. The molecule has 3 fully saturated rings. The highest BCUT2D eigenvalue weighted by atomic mass is 31.2. The molecule has 7 rings (SSSR count). The Kier molecular flexibility index (Phi) is 8.13. The SMILES string of the molecule is COC1[C@@H](O)[C@@H](COP(=O)(O[C@@H]2C[C@H](n3cnc4c(N)ncnc43)O[C@@H]2CO)N2CCCC2)O[C@H]1n1cnc2c(N)ncnc21. The topological polar surface area (TPSA) is 246 Å². The lowest BCUT2D eigenvalue weighted by atomic mass is 10.1. The van der Waals surface area contributed by atoms with E-state index in [-0.39, 0.29) is 31.3 Å². The van der Waals surface area contributed by atoms with Crippen molar-refractivity contribution in [3.05, 3.63) is 25.3 Å². The van der Waals surface area contributed by atoms with Crippen LogP contribution >= 0.6 is 7.75 Å². The van der Waals surface area contributed by atoms with Crippen LogP contribution in [0.1, 0.15) is 31.7 Å². The van der Waals surface area contributed by atoms with Crippen LogP contribution in [0, 0.1) is 0 Å². The van der Waals surface area contributed by atoms with Crippen LogP contribution in [0.25, 0.3) is 22.3 Å². The third-order valence-corrected chi connectivity index (χ3v) is 10.5. The number of nitrogen functional groups attached to an aromatic ring is 2. The highest BCUT2D eigenvalue weighted by Gasteiger charge is 2.49. The van der Waals surface area contributed by atoms with Crippen LogP contribution in [0.4, 0.5) is 11.6 Å². The second-order valence-electron chi connectivity index (χ2n) is 11.0. The molecule has 3 aliphatic rings. The molecule has 4 aromatic heterocycles. The summed E-state index contributed by atoms with van der Waals surface area (Å²) in [5.74, 6) is 0.427. The number of rotatable bonds is 10. The predicted molar refractivity (Wildman–Crippen MR) is 155 cm³/mol. The fourth-order valence-electron chi connectivity index (χ4n) is 6.08. The van der Waals surface area contributed by atoms with Crippen LogP contribution in [-0.2, 0) is 27.8 Å². The number of aliphatic hydroxyl groups excluding tert-OH is 2. The Morgan fingerprint density at radius 1 is 0.956 bits per heavy atom. The van der Waals surface area contributed by atoms with Crippen LogP contribution in [0.5, 0.6) is 0 Å².